The molecule has 1 atom stereocenters. The van der Waals surface area contributed by atoms with E-state index in [4.69, 9.17) is 5.73 Å². The van der Waals surface area contributed by atoms with Gasteiger partial charge in [-0.2, -0.15) is 0 Å². The SMILES string of the molecule is CCC(CC)N(C)C1(CN)CCC(C)(C)C1. The second-order valence-electron chi connectivity index (χ2n) is 6.35. The average Bonchev–Trinajstić information content (AvgIpc) is 2.57. The van der Waals surface area contributed by atoms with Crippen molar-refractivity contribution >= 4 is 0 Å². The first-order chi connectivity index (χ1) is 7.40. The van der Waals surface area contributed by atoms with Crippen molar-refractivity contribution in [3.8, 4) is 0 Å². The summed E-state index contributed by atoms with van der Waals surface area (Å²) in [6.07, 6.45) is 6.30. The predicted octanol–water partition coefficient (Wildman–Crippen LogP) is 3.01. The average molecular weight is 226 g/mol. The maximum Gasteiger partial charge on any atom is 0.0336 e. The standard InChI is InChI=1S/C14H30N2/c1-6-12(7-2)16(5)14(11-15)9-8-13(3,4)10-14/h12H,6-11,15H2,1-5H3. The van der Waals surface area contributed by atoms with Crippen LogP contribution in [0.5, 0.6) is 0 Å². The second-order valence-corrected chi connectivity index (χ2v) is 6.35. The van der Waals surface area contributed by atoms with Gasteiger partial charge in [0, 0.05) is 18.1 Å². The van der Waals surface area contributed by atoms with Crippen molar-refractivity contribution in [3.63, 3.8) is 0 Å². The predicted molar refractivity (Wildman–Crippen MR) is 71.6 cm³/mol. The maximum atomic E-state index is 6.10. The van der Waals surface area contributed by atoms with E-state index in [1.165, 1.54) is 32.1 Å². The third-order valence-corrected chi connectivity index (χ3v) is 4.69. The van der Waals surface area contributed by atoms with Gasteiger partial charge in [0.1, 0.15) is 0 Å². The molecule has 96 valence electrons. The van der Waals surface area contributed by atoms with Crippen LogP contribution >= 0.6 is 0 Å². The molecule has 2 nitrogen and oxygen atoms in total. The fourth-order valence-corrected chi connectivity index (χ4v) is 3.48. The highest BCUT2D eigenvalue weighted by Gasteiger charge is 2.46. The van der Waals surface area contributed by atoms with Crippen LogP contribution in [0, 0.1) is 5.41 Å². The van der Waals surface area contributed by atoms with Crippen LogP contribution in [-0.4, -0.2) is 30.1 Å². The van der Waals surface area contributed by atoms with Crippen LogP contribution in [0.3, 0.4) is 0 Å². The Hall–Kier alpha value is -0.0800. The summed E-state index contributed by atoms with van der Waals surface area (Å²) >= 11 is 0. The summed E-state index contributed by atoms with van der Waals surface area (Å²) in [5, 5.41) is 0. The molecule has 0 radical (unpaired) electrons. The molecule has 1 rings (SSSR count). The molecule has 0 amide bonds. The molecular formula is C14H30N2. The van der Waals surface area contributed by atoms with Crippen LogP contribution in [0.25, 0.3) is 0 Å². The Morgan fingerprint density at radius 1 is 1.19 bits per heavy atom. The fourth-order valence-electron chi connectivity index (χ4n) is 3.48. The largest absolute Gasteiger partial charge is 0.329 e. The molecule has 0 aliphatic heterocycles. The first kappa shape index (κ1) is 14.0. The molecule has 1 fully saturated rings. The van der Waals surface area contributed by atoms with Crippen LogP contribution in [0.15, 0.2) is 0 Å². The first-order valence-electron chi connectivity index (χ1n) is 6.84. The summed E-state index contributed by atoms with van der Waals surface area (Å²) < 4.78 is 0. The minimum absolute atomic E-state index is 0.264. The molecular weight excluding hydrogens is 196 g/mol. The molecule has 0 spiro atoms. The first-order valence-corrected chi connectivity index (χ1v) is 6.84. The monoisotopic (exact) mass is 226 g/mol. The summed E-state index contributed by atoms with van der Waals surface area (Å²) in [6.45, 7) is 10.1. The lowest BCUT2D eigenvalue weighted by molar-refractivity contribution is 0.0682. The zero-order valence-corrected chi connectivity index (χ0v) is 11.8. The van der Waals surface area contributed by atoms with E-state index in [1.54, 1.807) is 0 Å². The van der Waals surface area contributed by atoms with Gasteiger partial charge in [-0.25, -0.2) is 0 Å². The molecule has 2 N–H and O–H groups in total. The molecule has 0 aromatic heterocycles. The second kappa shape index (κ2) is 5.05. The van der Waals surface area contributed by atoms with Gasteiger partial charge in [0.25, 0.3) is 0 Å². The summed E-state index contributed by atoms with van der Waals surface area (Å²) in [5.41, 5.74) is 6.83. The van der Waals surface area contributed by atoms with Crippen molar-refractivity contribution in [1.29, 1.82) is 0 Å². The molecule has 1 saturated carbocycles. The molecule has 0 heterocycles. The van der Waals surface area contributed by atoms with E-state index in [0.29, 0.717) is 11.5 Å². The van der Waals surface area contributed by atoms with E-state index < -0.39 is 0 Å². The number of nitrogens with two attached hydrogens (primary N) is 1. The topological polar surface area (TPSA) is 29.3 Å². The summed E-state index contributed by atoms with van der Waals surface area (Å²) in [6, 6.07) is 0.692. The van der Waals surface area contributed by atoms with Crippen LogP contribution in [0.1, 0.15) is 59.8 Å². The van der Waals surface area contributed by atoms with Crippen LogP contribution in [0.4, 0.5) is 0 Å². The number of hydrogen-bond donors (Lipinski definition) is 1. The number of likely N-dealkylation sites (N-methyl/N-ethyl adjacent to an activating group) is 1. The van der Waals surface area contributed by atoms with Gasteiger partial charge in [-0.15, -0.1) is 0 Å². The van der Waals surface area contributed by atoms with Crippen molar-refractivity contribution in [1.82, 2.24) is 4.90 Å². The number of rotatable bonds is 5. The normalized spacial score (nSPS) is 29.2. The Labute approximate surface area is 102 Å². The molecule has 1 aliphatic rings. The lowest BCUT2D eigenvalue weighted by Crippen LogP contribution is -2.54. The maximum absolute atomic E-state index is 6.10. The zero-order chi connectivity index (χ0) is 12.4. The van der Waals surface area contributed by atoms with Gasteiger partial charge in [0.2, 0.25) is 0 Å². The Balaban J connectivity index is 2.81. The highest BCUT2D eigenvalue weighted by Crippen LogP contribution is 2.46. The minimum Gasteiger partial charge on any atom is -0.329 e. The lowest BCUT2D eigenvalue weighted by atomic mass is 9.86. The van der Waals surface area contributed by atoms with Gasteiger partial charge in [0.05, 0.1) is 0 Å². The van der Waals surface area contributed by atoms with Crippen molar-refractivity contribution in [2.75, 3.05) is 13.6 Å². The Bertz CT molecular complexity index is 221. The molecule has 2 heteroatoms. The van der Waals surface area contributed by atoms with Crippen molar-refractivity contribution in [2.45, 2.75) is 71.4 Å². The van der Waals surface area contributed by atoms with Crippen LogP contribution < -0.4 is 5.73 Å². The molecule has 0 bridgehead atoms. The van der Waals surface area contributed by atoms with E-state index >= 15 is 0 Å². The highest BCUT2D eigenvalue weighted by molar-refractivity contribution is 5.02. The van der Waals surface area contributed by atoms with E-state index in [-0.39, 0.29) is 5.54 Å². The fraction of sp³-hybridized carbons (Fsp3) is 1.00. The third kappa shape index (κ3) is 2.60. The van der Waals surface area contributed by atoms with E-state index in [1.807, 2.05) is 0 Å². The van der Waals surface area contributed by atoms with Gasteiger partial charge in [-0.3, -0.25) is 4.90 Å². The van der Waals surface area contributed by atoms with Crippen molar-refractivity contribution in [3.05, 3.63) is 0 Å². The Morgan fingerprint density at radius 2 is 1.75 bits per heavy atom. The summed E-state index contributed by atoms with van der Waals surface area (Å²) in [4.78, 5) is 2.59. The molecule has 0 aromatic carbocycles. The van der Waals surface area contributed by atoms with E-state index in [9.17, 15) is 0 Å². The molecule has 1 aliphatic carbocycles. The van der Waals surface area contributed by atoms with Gasteiger partial charge in [-0.1, -0.05) is 27.7 Å². The van der Waals surface area contributed by atoms with Crippen LogP contribution in [0.2, 0.25) is 0 Å². The molecule has 0 saturated heterocycles. The number of hydrogen-bond acceptors (Lipinski definition) is 2. The summed E-state index contributed by atoms with van der Waals surface area (Å²) in [7, 11) is 2.28. The Morgan fingerprint density at radius 3 is 2.06 bits per heavy atom. The molecule has 1 unspecified atom stereocenters. The molecule has 16 heavy (non-hydrogen) atoms. The van der Waals surface area contributed by atoms with Gasteiger partial charge < -0.3 is 5.73 Å². The quantitative estimate of drug-likeness (QED) is 0.781. The lowest BCUT2D eigenvalue weighted by Gasteiger charge is -2.43. The Kier molecular flexibility index (Phi) is 4.42. The minimum atomic E-state index is 0.264. The van der Waals surface area contributed by atoms with Crippen LogP contribution in [-0.2, 0) is 0 Å². The molecule has 0 aromatic rings. The van der Waals surface area contributed by atoms with E-state index in [0.717, 1.165) is 6.54 Å². The van der Waals surface area contributed by atoms with Gasteiger partial charge in [0.15, 0.2) is 0 Å². The smallest absolute Gasteiger partial charge is 0.0336 e. The van der Waals surface area contributed by atoms with E-state index in [2.05, 4.69) is 39.6 Å². The van der Waals surface area contributed by atoms with Crippen molar-refractivity contribution in [2.24, 2.45) is 11.1 Å². The van der Waals surface area contributed by atoms with Crippen molar-refractivity contribution < 1.29 is 0 Å². The van der Waals surface area contributed by atoms with Gasteiger partial charge >= 0.3 is 0 Å². The number of nitrogens with zero attached hydrogens (tertiary/aromatic N) is 1. The highest BCUT2D eigenvalue weighted by atomic mass is 15.2. The zero-order valence-electron chi connectivity index (χ0n) is 11.8. The summed E-state index contributed by atoms with van der Waals surface area (Å²) in [5.74, 6) is 0. The third-order valence-electron chi connectivity index (χ3n) is 4.69. The van der Waals surface area contributed by atoms with Gasteiger partial charge in [-0.05, 0) is 44.6 Å².